The van der Waals surface area contributed by atoms with Crippen molar-refractivity contribution in [2.24, 2.45) is 0 Å². The summed E-state index contributed by atoms with van der Waals surface area (Å²) in [6.07, 6.45) is 0. The molecule has 0 aromatic heterocycles. The van der Waals surface area contributed by atoms with Gasteiger partial charge in [-0.15, -0.1) is 0 Å². The molecule has 1 amide bonds. The minimum atomic E-state index is -3.65. The van der Waals surface area contributed by atoms with Gasteiger partial charge in [0.25, 0.3) is 5.91 Å². The third kappa shape index (κ3) is 5.03. The van der Waals surface area contributed by atoms with Crippen molar-refractivity contribution in [3.8, 4) is 0 Å². The Hall–Kier alpha value is -2.96. The van der Waals surface area contributed by atoms with Crippen LogP contribution in [0.1, 0.15) is 21.5 Å². The zero-order valence-corrected chi connectivity index (χ0v) is 15.7. The molecule has 0 unspecified atom stereocenters. The topological polar surface area (TPSA) is 75.3 Å². The van der Waals surface area contributed by atoms with Gasteiger partial charge < -0.3 is 5.32 Å². The third-order valence-electron chi connectivity index (χ3n) is 4.05. The van der Waals surface area contributed by atoms with Crippen molar-refractivity contribution in [3.63, 3.8) is 0 Å². The smallest absolute Gasteiger partial charge is 0.255 e. The number of carbonyl (C=O) groups excluding carboxylic acids is 1. The molecule has 3 aromatic rings. The molecule has 2 N–H and O–H groups in total. The summed E-state index contributed by atoms with van der Waals surface area (Å²) in [6, 6.07) is 22.6. The molecule has 6 heteroatoms. The minimum absolute atomic E-state index is 0.117. The first-order valence-corrected chi connectivity index (χ1v) is 9.94. The fraction of sp³-hybridized carbons (Fsp3) is 0.0952. The van der Waals surface area contributed by atoms with Crippen molar-refractivity contribution in [1.29, 1.82) is 0 Å². The van der Waals surface area contributed by atoms with Gasteiger partial charge in [0.05, 0.1) is 4.90 Å². The highest BCUT2D eigenvalue weighted by Crippen LogP contribution is 2.14. The molecule has 0 aliphatic heterocycles. The second kappa shape index (κ2) is 8.16. The lowest BCUT2D eigenvalue weighted by atomic mass is 10.2. The monoisotopic (exact) mass is 380 g/mol. The predicted octanol–water partition coefficient (Wildman–Crippen LogP) is 3.73. The highest BCUT2D eigenvalue weighted by atomic mass is 32.2. The zero-order valence-electron chi connectivity index (χ0n) is 14.8. The highest BCUT2D eigenvalue weighted by Gasteiger charge is 2.15. The lowest BCUT2D eigenvalue weighted by molar-refractivity contribution is 0.102. The predicted molar refractivity (Wildman–Crippen MR) is 106 cm³/mol. The van der Waals surface area contributed by atoms with Crippen molar-refractivity contribution >= 4 is 21.6 Å². The Labute approximate surface area is 159 Å². The Balaban J connectivity index is 1.66. The van der Waals surface area contributed by atoms with Crippen LogP contribution in [0.4, 0.5) is 5.69 Å². The van der Waals surface area contributed by atoms with Crippen molar-refractivity contribution < 1.29 is 13.2 Å². The molecule has 0 saturated heterocycles. The molecule has 0 bridgehead atoms. The van der Waals surface area contributed by atoms with Gasteiger partial charge in [0.1, 0.15) is 0 Å². The van der Waals surface area contributed by atoms with Gasteiger partial charge in [-0.3, -0.25) is 4.79 Å². The second-order valence-corrected chi connectivity index (χ2v) is 7.92. The molecule has 0 atom stereocenters. The molecule has 27 heavy (non-hydrogen) atoms. The van der Waals surface area contributed by atoms with E-state index in [0.717, 1.165) is 11.1 Å². The lowest BCUT2D eigenvalue weighted by Crippen LogP contribution is -2.23. The molecule has 0 saturated carbocycles. The standard InChI is InChI=1S/C21H20N2O3S/c1-16-7-9-17(10-8-16)15-22-27(25,26)20-13-11-18(12-14-20)21(24)23-19-5-3-2-4-6-19/h2-14,22H,15H2,1H3,(H,23,24). The van der Waals surface area contributed by atoms with Gasteiger partial charge in [-0.25, -0.2) is 13.1 Å². The number of para-hydroxylation sites is 1. The molecule has 0 heterocycles. The molecule has 138 valence electrons. The Morgan fingerprint density at radius 3 is 2.11 bits per heavy atom. The van der Waals surface area contributed by atoms with Crippen molar-refractivity contribution in [2.75, 3.05) is 5.32 Å². The van der Waals surface area contributed by atoms with Gasteiger partial charge in [0.2, 0.25) is 10.0 Å². The summed E-state index contributed by atoms with van der Waals surface area (Å²) in [5.74, 6) is -0.294. The minimum Gasteiger partial charge on any atom is -0.322 e. The summed E-state index contributed by atoms with van der Waals surface area (Å²) in [7, 11) is -3.65. The van der Waals surface area contributed by atoms with Crippen LogP contribution in [0, 0.1) is 6.92 Å². The van der Waals surface area contributed by atoms with E-state index in [9.17, 15) is 13.2 Å². The molecule has 0 fully saturated rings. The number of hydrogen-bond acceptors (Lipinski definition) is 3. The zero-order chi connectivity index (χ0) is 19.3. The number of carbonyl (C=O) groups is 1. The number of aryl methyl sites for hydroxylation is 1. The van der Waals surface area contributed by atoms with E-state index >= 15 is 0 Å². The van der Waals surface area contributed by atoms with E-state index in [1.165, 1.54) is 24.3 Å². The van der Waals surface area contributed by atoms with Crippen LogP contribution in [0.2, 0.25) is 0 Å². The van der Waals surface area contributed by atoms with Gasteiger partial charge in [-0.05, 0) is 48.9 Å². The Morgan fingerprint density at radius 1 is 0.852 bits per heavy atom. The average Bonchev–Trinajstić information content (AvgIpc) is 2.68. The van der Waals surface area contributed by atoms with Crippen LogP contribution >= 0.6 is 0 Å². The quantitative estimate of drug-likeness (QED) is 0.684. The normalized spacial score (nSPS) is 11.1. The summed E-state index contributed by atoms with van der Waals surface area (Å²) >= 11 is 0. The first-order valence-electron chi connectivity index (χ1n) is 8.46. The van der Waals surface area contributed by atoms with Crippen LogP contribution in [-0.2, 0) is 16.6 Å². The SMILES string of the molecule is Cc1ccc(CNS(=O)(=O)c2ccc(C(=O)Nc3ccccc3)cc2)cc1. The molecule has 0 radical (unpaired) electrons. The van der Waals surface area contributed by atoms with Crippen LogP contribution in [0.3, 0.4) is 0 Å². The Kier molecular flexibility index (Phi) is 5.69. The van der Waals surface area contributed by atoms with E-state index in [-0.39, 0.29) is 17.3 Å². The second-order valence-electron chi connectivity index (χ2n) is 6.15. The summed E-state index contributed by atoms with van der Waals surface area (Å²) in [6.45, 7) is 2.18. The molecule has 0 aliphatic carbocycles. The first kappa shape index (κ1) is 18.8. The first-order chi connectivity index (χ1) is 12.9. The summed E-state index contributed by atoms with van der Waals surface area (Å²) < 4.78 is 27.4. The number of benzene rings is 3. The van der Waals surface area contributed by atoms with Crippen LogP contribution in [0.15, 0.2) is 83.8 Å². The maximum absolute atomic E-state index is 12.4. The summed E-state index contributed by atoms with van der Waals surface area (Å²) in [5.41, 5.74) is 3.06. The number of amides is 1. The molecular formula is C21H20N2O3S. The van der Waals surface area contributed by atoms with Gasteiger partial charge in [0, 0.05) is 17.8 Å². The van der Waals surface area contributed by atoms with Crippen molar-refractivity contribution in [2.45, 2.75) is 18.4 Å². The Bertz CT molecular complexity index is 1010. The molecule has 0 spiro atoms. The number of nitrogens with one attached hydrogen (secondary N) is 2. The van der Waals surface area contributed by atoms with Crippen LogP contribution in [-0.4, -0.2) is 14.3 Å². The van der Waals surface area contributed by atoms with Gasteiger partial charge in [-0.2, -0.15) is 0 Å². The largest absolute Gasteiger partial charge is 0.322 e. The van der Waals surface area contributed by atoms with E-state index < -0.39 is 10.0 Å². The van der Waals surface area contributed by atoms with Crippen LogP contribution in [0.5, 0.6) is 0 Å². The molecular weight excluding hydrogens is 360 g/mol. The van der Waals surface area contributed by atoms with E-state index in [2.05, 4.69) is 10.0 Å². The Morgan fingerprint density at radius 2 is 1.48 bits per heavy atom. The summed E-state index contributed by atoms with van der Waals surface area (Å²) in [5, 5.41) is 2.76. The summed E-state index contributed by atoms with van der Waals surface area (Å²) in [4.78, 5) is 12.4. The molecule has 5 nitrogen and oxygen atoms in total. The fourth-order valence-corrected chi connectivity index (χ4v) is 3.50. The number of anilines is 1. The number of rotatable bonds is 6. The molecule has 0 aliphatic rings. The average molecular weight is 380 g/mol. The van der Waals surface area contributed by atoms with Crippen LogP contribution < -0.4 is 10.0 Å². The van der Waals surface area contributed by atoms with Gasteiger partial charge in [0.15, 0.2) is 0 Å². The van der Waals surface area contributed by atoms with E-state index in [1.54, 1.807) is 12.1 Å². The van der Waals surface area contributed by atoms with E-state index in [4.69, 9.17) is 0 Å². The molecule has 3 aromatic carbocycles. The number of hydrogen-bond donors (Lipinski definition) is 2. The van der Waals surface area contributed by atoms with Gasteiger partial charge >= 0.3 is 0 Å². The fourth-order valence-electron chi connectivity index (χ4n) is 2.48. The van der Waals surface area contributed by atoms with E-state index in [1.807, 2.05) is 49.4 Å². The van der Waals surface area contributed by atoms with Crippen molar-refractivity contribution in [1.82, 2.24) is 4.72 Å². The van der Waals surface area contributed by atoms with Gasteiger partial charge in [-0.1, -0.05) is 48.0 Å². The van der Waals surface area contributed by atoms with Crippen molar-refractivity contribution in [3.05, 3.63) is 95.6 Å². The number of sulfonamides is 1. The maximum atomic E-state index is 12.4. The maximum Gasteiger partial charge on any atom is 0.255 e. The van der Waals surface area contributed by atoms with Crippen LogP contribution in [0.25, 0.3) is 0 Å². The lowest BCUT2D eigenvalue weighted by Gasteiger charge is -2.09. The molecule has 3 rings (SSSR count). The van der Waals surface area contributed by atoms with E-state index in [0.29, 0.717) is 11.3 Å². The third-order valence-corrected chi connectivity index (χ3v) is 5.46. The highest BCUT2D eigenvalue weighted by molar-refractivity contribution is 7.89.